The predicted octanol–water partition coefficient (Wildman–Crippen LogP) is 1.54. The molecule has 0 spiro atoms. The maximum atomic E-state index is 11.9. The van der Waals surface area contributed by atoms with Crippen molar-refractivity contribution in [1.82, 2.24) is 9.71 Å². The van der Waals surface area contributed by atoms with Crippen LogP contribution in [0.15, 0.2) is 6.20 Å². The van der Waals surface area contributed by atoms with Crippen molar-refractivity contribution in [2.75, 3.05) is 13.7 Å². The van der Waals surface area contributed by atoms with Crippen LogP contribution in [0.25, 0.3) is 0 Å². The number of amides is 1. The van der Waals surface area contributed by atoms with Crippen molar-refractivity contribution in [2.24, 2.45) is 0 Å². The lowest BCUT2D eigenvalue weighted by Crippen LogP contribution is -2.38. The van der Waals surface area contributed by atoms with Gasteiger partial charge in [0.1, 0.15) is 10.1 Å². The van der Waals surface area contributed by atoms with Crippen molar-refractivity contribution in [3.8, 4) is 0 Å². The van der Waals surface area contributed by atoms with Crippen LogP contribution in [-0.2, 0) is 20.2 Å². The van der Waals surface area contributed by atoms with Crippen molar-refractivity contribution in [3.05, 3.63) is 16.1 Å². The largest absolute Gasteiger partial charge is 0.383 e. The maximum Gasteiger partial charge on any atom is 0.276 e. The molecule has 6 nitrogen and oxygen atoms in total. The molecule has 0 aliphatic heterocycles. The van der Waals surface area contributed by atoms with Gasteiger partial charge in [0.25, 0.3) is 5.91 Å². The zero-order valence-corrected chi connectivity index (χ0v) is 13.9. The highest BCUT2D eigenvalue weighted by Gasteiger charge is 2.26. The highest BCUT2D eigenvalue weighted by molar-refractivity contribution is 7.90. The summed E-state index contributed by atoms with van der Waals surface area (Å²) in [4.78, 5) is 16.4. The molecule has 0 aliphatic carbocycles. The molecule has 1 aromatic heterocycles. The molecule has 0 aromatic carbocycles. The average Bonchev–Trinajstić information content (AvgIpc) is 2.77. The number of thiazole rings is 1. The van der Waals surface area contributed by atoms with Gasteiger partial charge >= 0.3 is 0 Å². The van der Waals surface area contributed by atoms with Crippen LogP contribution in [0.4, 0.5) is 0 Å². The van der Waals surface area contributed by atoms with Crippen LogP contribution in [0.1, 0.15) is 42.4 Å². The average molecular weight is 320 g/mol. The van der Waals surface area contributed by atoms with E-state index in [-0.39, 0.29) is 16.9 Å². The van der Waals surface area contributed by atoms with Crippen LogP contribution in [-0.4, -0.2) is 38.3 Å². The summed E-state index contributed by atoms with van der Waals surface area (Å²) in [7, 11) is -2.33. The third kappa shape index (κ3) is 4.26. The Bertz CT molecular complexity index is 573. The van der Waals surface area contributed by atoms with E-state index < -0.39 is 21.2 Å². The molecule has 1 aromatic rings. The first-order valence-electron chi connectivity index (χ1n) is 6.09. The van der Waals surface area contributed by atoms with Crippen LogP contribution in [0.2, 0.25) is 0 Å². The Morgan fingerprint density at radius 3 is 2.55 bits per heavy atom. The number of sulfonamides is 1. The van der Waals surface area contributed by atoms with Crippen LogP contribution in [0.3, 0.4) is 0 Å². The third-order valence-electron chi connectivity index (χ3n) is 2.54. The third-order valence-corrected chi connectivity index (χ3v) is 5.62. The highest BCUT2D eigenvalue weighted by atomic mass is 32.2. The number of carbonyl (C=O) groups excluding carboxylic acids is 1. The van der Waals surface area contributed by atoms with Crippen molar-refractivity contribution < 1.29 is 17.9 Å². The summed E-state index contributed by atoms with van der Waals surface area (Å²) in [6, 6.07) is 0. The molecular weight excluding hydrogens is 300 g/mol. The fraction of sp³-hybridized carbons (Fsp3) is 0.667. The minimum absolute atomic E-state index is 0.0263. The molecule has 0 aliphatic rings. The molecule has 1 N–H and O–H groups in total. The number of nitrogens with one attached hydrogen (secondary N) is 1. The summed E-state index contributed by atoms with van der Waals surface area (Å²) in [6.07, 6.45) is 1.40. The van der Waals surface area contributed by atoms with Gasteiger partial charge in [-0.3, -0.25) is 4.79 Å². The van der Waals surface area contributed by atoms with Crippen molar-refractivity contribution in [1.29, 1.82) is 0 Å². The molecule has 0 fully saturated rings. The van der Waals surface area contributed by atoms with Gasteiger partial charge in [0.2, 0.25) is 10.0 Å². The Balaban J connectivity index is 2.84. The molecular formula is C12H20N2O4S2. The molecule has 0 saturated heterocycles. The highest BCUT2D eigenvalue weighted by Crippen LogP contribution is 2.26. The smallest absolute Gasteiger partial charge is 0.276 e. The van der Waals surface area contributed by atoms with Gasteiger partial charge < -0.3 is 4.74 Å². The van der Waals surface area contributed by atoms with E-state index in [4.69, 9.17) is 4.74 Å². The molecule has 0 bridgehead atoms. The van der Waals surface area contributed by atoms with Crippen LogP contribution in [0.5, 0.6) is 0 Å². The van der Waals surface area contributed by atoms with Gasteiger partial charge in [0, 0.05) is 12.5 Å². The second-order valence-electron chi connectivity index (χ2n) is 5.52. The number of nitrogens with zero attached hydrogens (tertiary/aromatic N) is 1. The van der Waals surface area contributed by atoms with Crippen molar-refractivity contribution >= 4 is 27.3 Å². The van der Waals surface area contributed by atoms with Gasteiger partial charge in [-0.15, -0.1) is 11.3 Å². The molecule has 1 rings (SSSR count). The summed E-state index contributed by atoms with van der Waals surface area (Å²) in [5, 5.41) is -0.0172. The molecule has 0 radical (unpaired) electrons. The Labute approximate surface area is 123 Å². The lowest BCUT2D eigenvalue weighted by molar-refractivity contribution is 0.0984. The Morgan fingerprint density at radius 1 is 1.50 bits per heavy atom. The molecule has 1 atom stereocenters. The number of carbonyl (C=O) groups is 1. The van der Waals surface area contributed by atoms with Crippen molar-refractivity contribution in [2.45, 2.75) is 38.4 Å². The number of hydrogen-bond acceptors (Lipinski definition) is 6. The van der Waals surface area contributed by atoms with Gasteiger partial charge in [-0.1, -0.05) is 20.8 Å². The Kier molecular flexibility index (Phi) is 5.28. The topological polar surface area (TPSA) is 85.4 Å². The van der Waals surface area contributed by atoms with E-state index in [0.717, 1.165) is 5.01 Å². The van der Waals surface area contributed by atoms with Gasteiger partial charge in [-0.05, 0) is 6.92 Å². The fourth-order valence-corrected chi connectivity index (χ4v) is 3.15. The molecule has 1 heterocycles. The first-order chi connectivity index (χ1) is 9.08. The standard InChI is InChI=1S/C12H20N2O4S2/c1-8(7-18-5)20(16,17)14-10(15)9-6-13-11(19-9)12(2,3)4/h6,8H,7H2,1-5H3,(H,14,15). The number of hydrogen-bond donors (Lipinski definition) is 1. The minimum atomic E-state index is -3.74. The van der Waals surface area contributed by atoms with Gasteiger partial charge in [-0.25, -0.2) is 18.1 Å². The van der Waals surface area contributed by atoms with Gasteiger partial charge in [0.05, 0.1) is 17.8 Å². The number of methoxy groups -OCH3 is 1. The zero-order chi connectivity index (χ0) is 15.6. The molecule has 8 heteroatoms. The summed E-state index contributed by atoms with van der Waals surface area (Å²) >= 11 is 1.19. The van der Waals surface area contributed by atoms with Gasteiger partial charge in [0.15, 0.2) is 0 Å². The van der Waals surface area contributed by atoms with E-state index in [2.05, 4.69) is 4.98 Å². The van der Waals surface area contributed by atoms with E-state index in [0.29, 0.717) is 0 Å². The van der Waals surface area contributed by atoms with E-state index >= 15 is 0 Å². The zero-order valence-electron chi connectivity index (χ0n) is 12.3. The van der Waals surface area contributed by atoms with Crippen molar-refractivity contribution in [3.63, 3.8) is 0 Å². The fourth-order valence-electron chi connectivity index (χ4n) is 1.33. The summed E-state index contributed by atoms with van der Waals surface area (Å²) < 4.78 is 30.6. The lowest BCUT2D eigenvalue weighted by Gasteiger charge is -2.13. The monoisotopic (exact) mass is 320 g/mol. The quantitative estimate of drug-likeness (QED) is 0.889. The molecule has 20 heavy (non-hydrogen) atoms. The lowest BCUT2D eigenvalue weighted by atomic mass is 9.98. The number of ether oxygens (including phenoxy) is 1. The summed E-state index contributed by atoms with van der Waals surface area (Å²) in [5.74, 6) is -0.652. The maximum absolute atomic E-state index is 11.9. The van der Waals surface area contributed by atoms with E-state index in [1.165, 1.54) is 31.6 Å². The Morgan fingerprint density at radius 2 is 2.10 bits per heavy atom. The van der Waals surface area contributed by atoms with Crippen LogP contribution < -0.4 is 4.72 Å². The number of rotatable bonds is 5. The predicted molar refractivity (Wildman–Crippen MR) is 78.5 cm³/mol. The molecule has 1 amide bonds. The van der Waals surface area contributed by atoms with E-state index in [9.17, 15) is 13.2 Å². The van der Waals surface area contributed by atoms with Crippen LogP contribution >= 0.6 is 11.3 Å². The Hall–Kier alpha value is -0.990. The van der Waals surface area contributed by atoms with Crippen LogP contribution in [0, 0.1) is 0 Å². The second kappa shape index (κ2) is 6.19. The van der Waals surface area contributed by atoms with E-state index in [1.807, 2.05) is 25.5 Å². The molecule has 1 unspecified atom stereocenters. The number of aromatic nitrogens is 1. The summed E-state index contributed by atoms with van der Waals surface area (Å²) in [6.45, 7) is 7.44. The van der Waals surface area contributed by atoms with Gasteiger partial charge in [-0.2, -0.15) is 0 Å². The minimum Gasteiger partial charge on any atom is -0.383 e. The first-order valence-corrected chi connectivity index (χ1v) is 8.45. The first kappa shape index (κ1) is 17.1. The molecule has 114 valence electrons. The SMILES string of the molecule is COCC(C)S(=O)(=O)NC(=O)c1cnc(C(C)(C)C)s1. The second-order valence-corrected chi connectivity index (χ2v) is 8.65. The molecule has 0 saturated carbocycles. The van der Waals surface area contributed by atoms with E-state index in [1.54, 1.807) is 0 Å². The normalized spacial score (nSPS) is 14.1. The summed E-state index contributed by atoms with van der Waals surface area (Å²) in [5.41, 5.74) is -0.175.